The minimum atomic E-state index is -2.86. The van der Waals surface area contributed by atoms with Crippen molar-refractivity contribution in [1.29, 1.82) is 0 Å². The van der Waals surface area contributed by atoms with E-state index in [0.29, 0.717) is 5.39 Å². The van der Waals surface area contributed by atoms with E-state index in [-0.39, 0.29) is 46.8 Å². The average Bonchev–Trinajstić information content (AvgIpc) is 2.52. The molecule has 6 nitrogen and oxygen atoms in total. The number of hydrogen-bond acceptors (Lipinski definition) is 4. The fourth-order valence-corrected chi connectivity index (χ4v) is 2.73. The predicted molar refractivity (Wildman–Crippen MR) is 92.1 cm³/mol. The minimum Gasteiger partial charge on any atom is -0.307 e. The minimum absolute atomic E-state index is 0. The van der Waals surface area contributed by atoms with Gasteiger partial charge in [-0.3, -0.25) is 4.79 Å². The molecule has 0 aliphatic rings. The monoisotopic (exact) mass is 387 g/mol. The van der Waals surface area contributed by atoms with Crippen molar-refractivity contribution in [3.05, 3.63) is 64.1 Å². The van der Waals surface area contributed by atoms with Gasteiger partial charge in [0.25, 0.3) is 0 Å². The third-order valence-corrected chi connectivity index (χ3v) is 3.83. The summed E-state index contributed by atoms with van der Waals surface area (Å²) in [4.78, 5) is 17.8. The van der Waals surface area contributed by atoms with E-state index in [0.717, 1.165) is 12.1 Å². The Bertz CT molecular complexity index is 1040. The van der Waals surface area contributed by atoms with Crippen molar-refractivity contribution >= 4 is 34.3 Å². The van der Waals surface area contributed by atoms with E-state index < -0.39 is 22.5 Å². The normalized spacial score (nSPS) is 10.8. The zero-order valence-electron chi connectivity index (χ0n) is 12.5. The van der Waals surface area contributed by atoms with Crippen LogP contribution in [0.5, 0.6) is 0 Å². The second kappa shape index (κ2) is 7.68. The number of thiol groups is 1. The molecule has 2 aromatic heterocycles. The van der Waals surface area contributed by atoms with Crippen molar-refractivity contribution in [3.8, 4) is 11.1 Å². The summed E-state index contributed by atoms with van der Waals surface area (Å²) in [6.07, 6.45) is 1.34. The molecular formula is C15H12ClF2N3O3S. The number of aromatic nitrogens is 2. The number of H-pyrrole nitrogens is 1. The highest BCUT2D eigenvalue weighted by atomic mass is 35.5. The molecule has 0 aliphatic heterocycles. The molecule has 3 aromatic rings. The fraction of sp³-hybridized carbons (Fsp3) is 0.0667. The Morgan fingerprint density at radius 1 is 1.12 bits per heavy atom. The summed E-state index contributed by atoms with van der Waals surface area (Å²) in [5.41, 5.74) is -0.0424. The summed E-state index contributed by atoms with van der Waals surface area (Å²) in [6, 6.07) is 6.23. The molecule has 0 radical (unpaired) electrons. The smallest absolute Gasteiger partial charge is 0.249 e. The van der Waals surface area contributed by atoms with Gasteiger partial charge in [0, 0.05) is 29.8 Å². The van der Waals surface area contributed by atoms with Crippen molar-refractivity contribution in [2.24, 2.45) is 0 Å². The summed E-state index contributed by atoms with van der Waals surface area (Å²) in [5, 5.41) is 0.392. The van der Waals surface area contributed by atoms with Gasteiger partial charge in [-0.2, -0.15) is 0 Å². The Hall–Kier alpha value is -2.36. The highest BCUT2D eigenvalue weighted by Gasteiger charge is 2.16. The molecule has 0 fully saturated rings. The lowest BCUT2D eigenvalue weighted by Crippen LogP contribution is -2.11. The van der Waals surface area contributed by atoms with Crippen molar-refractivity contribution in [1.82, 2.24) is 14.7 Å². The van der Waals surface area contributed by atoms with Gasteiger partial charge < -0.3 is 4.98 Å². The van der Waals surface area contributed by atoms with Crippen molar-refractivity contribution < 1.29 is 17.2 Å². The van der Waals surface area contributed by atoms with E-state index in [1.165, 1.54) is 24.4 Å². The van der Waals surface area contributed by atoms with Gasteiger partial charge in [-0.1, -0.05) is 0 Å². The second-order valence-electron chi connectivity index (χ2n) is 4.97. The van der Waals surface area contributed by atoms with E-state index in [1.807, 2.05) is 0 Å². The summed E-state index contributed by atoms with van der Waals surface area (Å²) < 4.78 is 51.9. The van der Waals surface area contributed by atoms with Gasteiger partial charge in [-0.15, -0.1) is 12.4 Å². The first-order chi connectivity index (χ1) is 11.5. The number of pyridine rings is 2. The summed E-state index contributed by atoms with van der Waals surface area (Å²) in [7, 11) is -2.86. The third-order valence-electron chi connectivity index (χ3n) is 3.42. The van der Waals surface area contributed by atoms with E-state index in [4.69, 9.17) is 0 Å². The largest absolute Gasteiger partial charge is 0.307 e. The highest BCUT2D eigenvalue weighted by molar-refractivity contribution is 7.70. The first-order valence-corrected chi connectivity index (χ1v) is 7.97. The molecule has 0 spiro atoms. The van der Waals surface area contributed by atoms with Gasteiger partial charge in [0.1, 0.15) is 17.3 Å². The average molecular weight is 388 g/mol. The molecule has 1 aromatic carbocycles. The summed E-state index contributed by atoms with van der Waals surface area (Å²) >= 11 is 0. The lowest BCUT2D eigenvalue weighted by Gasteiger charge is -2.10. The molecule has 0 aliphatic carbocycles. The molecule has 132 valence electrons. The number of nitrogens with one attached hydrogen (secondary N) is 2. The zero-order chi connectivity index (χ0) is 17.3. The Morgan fingerprint density at radius 2 is 1.80 bits per heavy atom. The van der Waals surface area contributed by atoms with Crippen LogP contribution in [0.2, 0.25) is 0 Å². The van der Waals surface area contributed by atoms with E-state index in [2.05, 4.69) is 14.7 Å². The Kier molecular flexibility index (Phi) is 5.83. The topological polar surface area (TPSA) is 91.9 Å². The Balaban J connectivity index is 0.00000225. The van der Waals surface area contributed by atoms with Gasteiger partial charge in [-0.05, 0) is 29.8 Å². The van der Waals surface area contributed by atoms with Crippen molar-refractivity contribution in [2.45, 2.75) is 6.54 Å². The predicted octanol–water partition coefficient (Wildman–Crippen LogP) is 1.91. The van der Waals surface area contributed by atoms with Crippen LogP contribution in [-0.2, 0) is 17.4 Å². The maximum absolute atomic E-state index is 14.4. The van der Waals surface area contributed by atoms with Crippen LogP contribution < -0.4 is 10.3 Å². The summed E-state index contributed by atoms with van der Waals surface area (Å²) in [6.45, 7) is -0.211. The lowest BCUT2D eigenvalue weighted by molar-refractivity contribution is 0.582. The zero-order valence-corrected chi connectivity index (χ0v) is 14.2. The molecule has 0 atom stereocenters. The molecule has 10 heteroatoms. The molecule has 2 heterocycles. The second-order valence-corrected chi connectivity index (χ2v) is 5.80. The van der Waals surface area contributed by atoms with Gasteiger partial charge in [0.15, 0.2) is 0 Å². The molecular weight excluding hydrogens is 376 g/mol. The van der Waals surface area contributed by atoms with Crippen LogP contribution in [0.15, 0.2) is 41.3 Å². The first-order valence-electron chi connectivity index (χ1n) is 6.80. The quantitative estimate of drug-likeness (QED) is 0.596. The molecule has 0 saturated heterocycles. The number of hydrogen-bond donors (Lipinski definition) is 3. The number of fused-ring (bicyclic) bond motifs is 1. The molecule has 2 N–H and O–H groups in total. The van der Waals surface area contributed by atoms with E-state index >= 15 is 0 Å². The maximum atomic E-state index is 14.4. The molecule has 25 heavy (non-hydrogen) atoms. The third kappa shape index (κ3) is 4.01. The van der Waals surface area contributed by atoms with Gasteiger partial charge >= 0.3 is 0 Å². The molecule has 0 saturated carbocycles. The van der Waals surface area contributed by atoms with Crippen LogP contribution in [0.25, 0.3) is 22.2 Å². The molecule has 0 bridgehead atoms. The van der Waals surface area contributed by atoms with Gasteiger partial charge in [-0.25, -0.2) is 26.9 Å². The van der Waals surface area contributed by atoms with E-state index in [9.17, 15) is 22.0 Å². The summed E-state index contributed by atoms with van der Waals surface area (Å²) in [5.74, 6) is -1.68. The fourth-order valence-electron chi connectivity index (χ4n) is 2.42. The molecule has 3 rings (SSSR count). The standard InChI is InChI=1S/C15H11F2N3O3S.ClH/c16-11-5-8(7-19-24(22)23)6-12(17)14(11)9-3-4-18-15-10(9)1-2-13(21)20-15;/h1-6,24H,7H2,(H,18,20,21)(H,19,22,23);1H. The SMILES string of the molecule is Cl.O=c1ccc2c(-c3c(F)cc(CN[SH](=O)=O)cc3F)ccnc2[nH]1. The van der Waals surface area contributed by atoms with Crippen LogP contribution >= 0.6 is 12.4 Å². The van der Waals surface area contributed by atoms with Gasteiger partial charge in [0.2, 0.25) is 16.4 Å². The van der Waals surface area contributed by atoms with Crippen LogP contribution in [0.4, 0.5) is 8.78 Å². The number of benzene rings is 1. The highest BCUT2D eigenvalue weighted by Crippen LogP contribution is 2.31. The maximum Gasteiger partial charge on any atom is 0.249 e. The van der Waals surface area contributed by atoms with Crippen molar-refractivity contribution in [3.63, 3.8) is 0 Å². The van der Waals surface area contributed by atoms with Crippen LogP contribution in [0.1, 0.15) is 5.56 Å². The Labute approximate surface area is 148 Å². The van der Waals surface area contributed by atoms with Crippen LogP contribution in [0.3, 0.4) is 0 Å². The number of nitrogens with zero attached hydrogens (tertiary/aromatic N) is 1. The van der Waals surface area contributed by atoms with Gasteiger partial charge in [0.05, 0.1) is 5.56 Å². The van der Waals surface area contributed by atoms with Crippen LogP contribution in [0, 0.1) is 11.6 Å². The lowest BCUT2D eigenvalue weighted by atomic mass is 10.00. The van der Waals surface area contributed by atoms with Crippen LogP contribution in [-0.4, -0.2) is 18.4 Å². The number of rotatable bonds is 4. The van der Waals surface area contributed by atoms with Crippen molar-refractivity contribution in [2.75, 3.05) is 0 Å². The Morgan fingerprint density at radius 3 is 2.44 bits per heavy atom. The first kappa shape index (κ1) is 19.0. The number of aromatic amines is 1. The van der Waals surface area contributed by atoms with E-state index in [1.54, 1.807) is 0 Å². The molecule has 0 amide bonds. The molecule has 0 unspecified atom stereocenters. The number of halogens is 3.